The van der Waals surface area contributed by atoms with Crippen LogP contribution in [0.4, 0.5) is 0 Å². The molecule has 0 aliphatic carbocycles. The number of hydrogen-bond acceptors (Lipinski definition) is 3. The molecule has 1 atom stereocenters. The quantitative estimate of drug-likeness (QED) is 0.787. The summed E-state index contributed by atoms with van der Waals surface area (Å²) in [5.41, 5.74) is 0.553. The van der Waals surface area contributed by atoms with Crippen molar-refractivity contribution in [1.29, 1.82) is 0 Å². The number of benzene rings is 1. The van der Waals surface area contributed by atoms with E-state index in [9.17, 15) is 5.11 Å². The van der Waals surface area contributed by atoms with Crippen molar-refractivity contribution in [2.24, 2.45) is 0 Å². The maximum atomic E-state index is 11.2. The third-order valence-corrected chi connectivity index (χ3v) is 3.38. The molecule has 20 heavy (non-hydrogen) atoms. The average molecular weight is 265 g/mol. The third-order valence-electron chi connectivity index (χ3n) is 3.38. The molecule has 1 unspecified atom stereocenters. The van der Waals surface area contributed by atoms with Crippen molar-refractivity contribution < 1.29 is 5.11 Å². The van der Waals surface area contributed by atoms with Gasteiger partial charge in [0, 0.05) is 24.8 Å². The van der Waals surface area contributed by atoms with E-state index in [2.05, 4.69) is 9.97 Å². The number of pyridine rings is 1. The van der Waals surface area contributed by atoms with Crippen LogP contribution >= 0.6 is 0 Å². The first-order valence-electron chi connectivity index (χ1n) is 6.43. The summed E-state index contributed by atoms with van der Waals surface area (Å²) in [6.45, 7) is 0.404. The van der Waals surface area contributed by atoms with E-state index in [1.165, 1.54) is 0 Å². The van der Waals surface area contributed by atoms with Crippen molar-refractivity contribution in [3.05, 3.63) is 84.7 Å². The second-order valence-electron chi connectivity index (χ2n) is 4.70. The van der Waals surface area contributed by atoms with Crippen LogP contribution in [0.1, 0.15) is 11.1 Å². The van der Waals surface area contributed by atoms with E-state index in [1.54, 1.807) is 24.9 Å². The first-order chi connectivity index (χ1) is 9.79. The molecular formula is C16H15N3O. The molecule has 0 aliphatic rings. The smallest absolute Gasteiger partial charge is 0.133 e. The fraction of sp³-hybridized carbons (Fsp3) is 0.125. The van der Waals surface area contributed by atoms with Crippen molar-refractivity contribution in [3.8, 4) is 0 Å². The minimum absolute atomic E-state index is 0.404. The zero-order valence-corrected chi connectivity index (χ0v) is 10.9. The second-order valence-corrected chi connectivity index (χ2v) is 4.70. The number of aromatic nitrogens is 3. The van der Waals surface area contributed by atoms with Gasteiger partial charge in [-0.2, -0.15) is 0 Å². The van der Waals surface area contributed by atoms with Crippen LogP contribution in [0.15, 0.2) is 73.6 Å². The molecule has 3 aromatic rings. The van der Waals surface area contributed by atoms with E-state index < -0.39 is 5.60 Å². The van der Waals surface area contributed by atoms with Gasteiger partial charge in [0.2, 0.25) is 0 Å². The molecule has 0 radical (unpaired) electrons. The average Bonchev–Trinajstić information content (AvgIpc) is 3.02. The van der Waals surface area contributed by atoms with Gasteiger partial charge >= 0.3 is 0 Å². The van der Waals surface area contributed by atoms with Crippen molar-refractivity contribution in [2.45, 2.75) is 12.1 Å². The monoisotopic (exact) mass is 265 g/mol. The van der Waals surface area contributed by atoms with E-state index in [0.29, 0.717) is 6.54 Å². The summed E-state index contributed by atoms with van der Waals surface area (Å²) < 4.78 is 1.87. The molecule has 1 N–H and O–H groups in total. The van der Waals surface area contributed by atoms with Gasteiger partial charge in [0.1, 0.15) is 5.60 Å². The van der Waals surface area contributed by atoms with Crippen LogP contribution < -0.4 is 0 Å². The van der Waals surface area contributed by atoms with Crippen LogP contribution in [0.5, 0.6) is 0 Å². The highest BCUT2D eigenvalue weighted by atomic mass is 16.3. The van der Waals surface area contributed by atoms with E-state index in [0.717, 1.165) is 11.1 Å². The SMILES string of the molecule is OC(Cn1ccnc1)(c1ccccc1)c1ccncc1. The Balaban J connectivity index is 2.08. The minimum Gasteiger partial charge on any atom is -0.378 e. The van der Waals surface area contributed by atoms with Crippen LogP contribution in [-0.4, -0.2) is 19.6 Å². The fourth-order valence-corrected chi connectivity index (χ4v) is 2.34. The van der Waals surface area contributed by atoms with Gasteiger partial charge in [-0.3, -0.25) is 4.98 Å². The van der Waals surface area contributed by atoms with E-state index in [1.807, 2.05) is 53.2 Å². The van der Waals surface area contributed by atoms with Crippen LogP contribution in [0.25, 0.3) is 0 Å². The molecule has 0 saturated heterocycles. The number of hydrogen-bond donors (Lipinski definition) is 1. The maximum Gasteiger partial charge on any atom is 0.133 e. The lowest BCUT2D eigenvalue weighted by molar-refractivity contribution is 0.0611. The predicted molar refractivity (Wildman–Crippen MR) is 75.9 cm³/mol. The van der Waals surface area contributed by atoms with Crippen LogP contribution in [0, 0.1) is 0 Å². The molecule has 2 aromatic heterocycles. The number of rotatable bonds is 4. The Labute approximate surface area is 117 Å². The predicted octanol–water partition coefficient (Wildman–Crippen LogP) is 2.21. The lowest BCUT2D eigenvalue weighted by Gasteiger charge is -2.29. The molecule has 0 aliphatic heterocycles. The molecule has 0 spiro atoms. The minimum atomic E-state index is -1.11. The molecule has 1 aromatic carbocycles. The van der Waals surface area contributed by atoms with E-state index >= 15 is 0 Å². The van der Waals surface area contributed by atoms with Crippen LogP contribution in [0.2, 0.25) is 0 Å². The molecule has 0 amide bonds. The highest BCUT2D eigenvalue weighted by molar-refractivity contribution is 5.34. The van der Waals surface area contributed by atoms with Crippen molar-refractivity contribution in [1.82, 2.24) is 14.5 Å². The normalized spacial score (nSPS) is 13.8. The van der Waals surface area contributed by atoms with Gasteiger partial charge in [0.05, 0.1) is 12.9 Å². The topological polar surface area (TPSA) is 50.9 Å². The Morgan fingerprint density at radius 2 is 1.60 bits per heavy atom. The lowest BCUT2D eigenvalue weighted by atomic mass is 9.87. The number of aliphatic hydroxyl groups is 1. The third kappa shape index (κ3) is 2.33. The molecule has 0 saturated carbocycles. The summed E-state index contributed by atoms with van der Waals surface area (Å²) >= 11 is 0. The largest absolute Gasteiger partial charge is 0.378 e. The molecule has 4 heteroatoms. The molecule has 3 rings (SSSR count). The zero-order chi connectivity index (χ0) is 13.8. The number of nitrogens with zero attached hydrogens (tertiary/aromatic N) is 3. The van der Waals surface area contributed by atoms with E-state index in [4.69, 9.17) is 0 Å². The van der Waals surface area contributed by atoms with Crippen LogP contribution in [0.3, 0.4) is 0 Å². The molecular weight excluding hydrogens is 250 g/mol. The first kappa shape index (κ1) is 12.6. The number of imidazole rings is 1. The van der Waals surface area contributed by atoms with Gasteiger partial charge in [0.25, 0.3) is 0 Å². The summed E-state index contributed by atoms with van der Waals surface area (Å²) in [5, 5.41) is 11.2. The molecule has 0 bridgehead atoms. The second kappa shape index (κ2) is 5.27. The summed E-state index contributed by atoms with van der Waals surface area (Å²) in [7, 11) is 0. The van der Waals surface area contributed by atoms with Gasteiger partial charge in [-0.05, 0) is 23.3 Å². The van der Waals surface area contributed by atoms with Gasteiger partial charge < -0.3 is 9.67 Å². The van der Waals surface area contributed by atoms with Gasteiger partial charge in [-0.25, -0.2) is 4.98 Å². The summed E-state index contributed by atoms with van der Waals surface area (Å²) in [6, 6.07) is 13.3. The van der Waals surface area contributed by atoms with Crippen molar-refractivity contribution in [2.75, 3.05) is 0 Å². The van der Waals surface area contributed by atoms with Gasteiger partial charge in [-0.1, -0.05) is 30.3 Å². The maximum absolute atomic E-state index is 11.2. The van der Waals surface area contributed by atoms with E-state index in [-0.39, 0.29) is 0 Å². The lowest BCUT2D eigenvalue weighted by Crippen LogP contribution is -2.32. The first-order valence-corrected chi connectivity index (χ1v) is 6.43. The molecule has 100 valence electrons. The highest BCUT2D eigenvalue weighted by Gasteiger charge is 2.31. The summed E-state index contributed by atoms with van der Waals surface area (Å²) in [4.78, 5) is 8.05. The Morgan fingerprint density at radius 1 is 0.900 bits per heavy atom. The molecule has 4 nitrogen and oxygen atoms in total. The van der Waals surface area contributed by atoms with Crippen molar-refractivity contribution in [3.63, 3.8) is 0 Å². The summed E-state index contributed by atoms with van der Waals surface area (Å²) in [5.74, 6) is 0. The fourth-order valence-electron chi connectivity index (χ4n) is 2.34. The highest BCUT2D eigenvalue weighted by Crippen LogP contribution is 2.30. The molecule has 2 heterocycles. The standard InChI is InChI=1S/C16H15N3O/c20-16(12-19-11-10-18-13-19,14-4-2-1-3-5-14)15-6-8-17-9-7-15/h1-11,13,20H,12H2. The summed E-state index contributed by atoms with van der Waals surface area (Å²) in [6.07, 6.45) is 8.64. The van der Waals surface area contributed by atoms with Gasteiger partial charge in [0.15, 0.2) is 0 Å². The Morgan fingerprint density at radius 3 is 2.25 bits per heavy atom. The Kier molecular flexibility index (Phi) is 3.31. The van der Waals surface area contributed by atoms with Gasteiger partial charge in [-0.15, -0.1) is 0 Å². The Hall–Kier alpha value is -2.46. The van der Waals surface area contributed by atoms with Crippen molar-refractivity contribution >= 4 is 0 Å². The molecule has 0 fully saturated rings. The van der Waals surface area contributed by atoms with Crippen LogP contribution in [-0.2, 0) is 12.1 Å². The Bertz CT molecular complexity index is 611. The zero-order valence-electron chi connectivity index (χ0n) is 10.9.